The van der Waals surface area contributed by atoms with Crippen molar-refractivity contribution in [3.05, 3.63) is 61.9 Å². The maximum absolute atomic E-state index is 13.4. The zero-order chi connectivity index (χ0) is 14.0. The van der Waals surface area contributed by atoms with E-state index in [2.05, 4.69) is 40.9 Å². The Balaban J connectivity index is 2.20. The molecule has 1 N–H and O–H groups in total. The van der Waals surface area contributed by atoms with Crippen LogP contribution in [0.25, 0.3) is 0 Å². The lowest BCUT2D eigenvalue weighted by atomic mass is 10.1. The standard InChI is InChI=1S/C15H14ClFIN/c1-9-7-12(18)4-6-15(9)19-10(2)11-3-5-13(16)14(17)8-11/h3-8,10,19H,1-2H3. The zero-order valence-electron chi connectivity index (χ0n) is 10.7. The molecule has 0 saturated heterocycles. The molecule has 1 atom stereocenters. The fourth-order valence-electron chi connectivity index (χ4n) is 1.89. The van der Waals surface area contributed by atoms with E-state index in [9.17, 15) is 4.39 Å². The van der Waals surface area contributed by atoms with E-state index >= 15 is 0 Å². The number of aryl methyl sites for hydroxylation is 1. The number of benzene rings is 2. The lowest BCUT2D eigenvalue weighted by Crippen LogP contribution is -2.08. The van der Waals surface area contributed by atoms with Gasteiger partial charge >= 0.3 is 0 Å². The molecule has 0 aliphatic carbocycles. The molecule has 100 valence electrons. The first-order chi connectivity index (χ1) is 8.97. The number of hydrogen-bond donors (Lipinski definition) is 1. The minimum Gasteiger partial charge on any atom is -0.378 e. The average Bonchev–Trinajstić information content (AvgIpc) is 2.36. The molecule has 0 heterocycles. The van der Waals surface area contributed by atoms with Crippen LogP contribution in [0, 0.1) is 16.3 Å². The van der Waals surface area contributed by atoms with Crippen LogP contribution < -0.4 is 5.32 Å². The summed E-state index contributed by atoms with van der Waals surface area (Å²) in [7, 11) is 0. The molecule has 0 bridgehead atoms. The Morgan fingerprint density at radius 3 is 2.58 bits per heavy atom. The molecule has 0 radical (unpaired) electrons. The predicted octanol–water partition coefficient (Wildman–Crippen LogP) is 5.57. The molecule has 0 spiro atoms. The molecular formula is C15H14ClFIN. The second-order valence-electron chi connectivity index (χ2n) is 4.50. The highest BCUT2D eigenvalue weighted by Gasteiger charge is 2.09. The highest BCUT2D eigenvalue weighted by atomic mass is 127. The minimum atomic E-state index is -0.382. The van der Waals surface area contributed by atoms with Crippen molar-refractivity contribution in [1.29, 1.82) is 0 Å². The van der Waals surface area contributed by atoms with Crippen LogP contribution in [0.3, 0.4) is 0 Å². The van der Waals surface area contributed by atoms with Crippen LogP contribution in [0.4, 0.5) is 10.1 Å². The van der Waals surface area contributed by atoms with E-state index in [1.54, 1.807) is 6.07 Å². The van der Waals surface area contributed by atoms with Crippen molar-refractivity contribution in [2.75, 3.05) is 5.32 Å². The highest BCUT2D eigenvalue weighted by Crippen LogP contribution is 2.25. The molecule has 4 heteroatoms. The first-order valence-corrected chi connectivity index (χ1v) is 7.40. The fraction of sp³-hybridized carbons (Fsp3) is 0.200. The summed E-state index contributed by atoms with van der Waals surface area (Å²) in [5.41, 5.74) is 3.11. The van der Waals surface area contributed by atoms with Gasteiger partial charge in [-0.3, -0.25) is 0 Å². The van der Waals surface area contributed by atoms with Gasteiger partial charge in [-0.25, -0.2) is 4.39 Å². The van der Waals surface area contributed by atoms with Gasteiger partial charge in [-0.2, -0.15) is 0 Å². The normalized spacial score (nSPS) is 12.3. The quantitative estimate of drug-likeness (QED) is 0.677. The van der Waals surface area contributed by atoms with Gasteiger partial charge in [0.15, 0.2) is 0 Å². The Kier molecular flexibility index (Phi) is 4.68. The van der Waals surface area contributed by atoms with Crippen molar-refractivity contribution in [2.45, 2.75) is 19.9 Å². The fourth-order valence-corrected chi connectivity index (χ4v) is 2.65. The third-order valence-corrected chi connectivity index (χ3v) is 3.98. The summed E-state index contributed by atoms with van der Waals surface area (Å²) in [5.74, 6) is -0.382. The average molecular weight is 390 g/mol. The Hall–Kier alpha value is -0.810. The third kappa shape index (κ3) is 3.60. The summed E-state index contributed by atoms with van der Waals surface area (Å²) >= 11 is 7.98. The Labute approximate surface area is 131 Å². The van der Waals surface area contributed by atoms with Crippen LogP contribution in [0.2, 0.25) is 5.02 Å². The molecule has 0 fully saturated rings. The molecule has 0 aliphatic rings. The Bertz CT molecular complexity index is 601. The summed E-state index contributed by atoms with van der Waals surface area (Å²) in [6, 6.07) is 11.1. The van der Waals surface area contributed by atoms with Crippen molar-refractivity contribution >= 4 is 39.9 Å². The molecule has 0 aliphatic heterocycles. The van der Waals surface area contributed by atoms with E-state index in [-0.39, 0.29) is 16.9 Å². The predicted molar refractivity (Wildman–Crippen MR) is 87.3 cm³/mol. The number of halogens is 3. The summed E-state index contributed by atoms with van der Waals surface area (Å²) in [6.45, 7) is 4.06. The van der Waals surface area contributed by atoms with E-state index in [0.29, 0.717) is 0 Å². The molecule has 2 aromatic carbocycles. The molecule has 1 unspecified atom stereocenters. The maximum atomic E-state index is 13.4. The smallest absolute Gasteiger partial charge is 0.142 e. The monoisotopic (exact) mass is 389 g/mol. The van der Waals surface area contributed by atoms with E-state index in [4.69, 9.17) is 11.6 Å². The van der Waals surface area contributed by atoms with E-state index < -0.39 is 0 Å². The summed E-state index contributed by atoms with van der Waals surface area (Å²) in [5, 5.41) is 3.54. The SMILES string of the molecule is Cc1cc(I)ccc1NC(C)c1ccc(Cl)c(F)c1. The van der Waals surface area contributed by atoms with Crippen LogP contribution in [0.15, 0.2) is 36.4 Å². The van der Waals surface area contributed by atoms with Crippen LogP contribution in [-0.2, 0) is 0 Å². The lowest BCUT2D eigenvalue weighted by molar-refractivity contribution is 0.624. The molecule has 2 rings (SSSR count). The molecular weight excluding hydrogens is 376 g/mol. The Morgan fingerprint density at radius 2 is 1.95 bits per heavy atom. The second kappa shape index (κ2) is 6.09. The van der Waals surface area contributed by atoms with Gasteiger partial charge in [-0.15, -0.1) is 0 Å². The first kappa shape index (κ1) is 14.6. The van der Waals surface area contributed by atoms with Crippen LogP contribution in [0.1, 0.15) is 24.1 Å². The van der Waals surface area contributed by atoms with Crippen molar-refractivity contribution in [2.24, 2.45) is 0 Å². The highest BCUT2D eigenvalue weighted by molar-refractivity contribution is 14.1. The zero-order valence-corrected chi connectivity index (χ0v) is 13.6. The van der Waals surface area contributed by atoms with Crippen molar-refractivity contribution in [3.63, 3.8) is 0 Å². The molecule has 0 amide bonds. The van der Waals surface area contributed by atoms with Gasteiger partial charge < -0.3 is 5.32 Å². The number of anilines is 1. The minimum absolute atomic E-state index is 0.0190. The molecule has 2 aromatic rings. The van der Waals surface area contributed by atoms with Gasteiger partial charge in [0.1, 0.15) is 5.82 Å². The van der Waals surface area contributed by atoms with Crippen molar-refractivity contribution in [1.82, 2.24) is 0 Å². The summed E-state index contributed by atoms with van der Waals surface area (Å²) in [4.78, 5) is 0. The van der Waals surface area contributed by atoms with E-state index in [0.717, 1.165) is 11.3 Å². The maximum Gasteiger partial charge on any atom is 0.142 e. The largest absolute Gasteiger partial charge is 0.378 e. The summed E-state index contributed by atoms with van der Waals surface area (Å²) < 4.78 is 14.6. The first-order valence-electron chi connectivity index (χ1n) is 5.95. The van der Waals surface area contributed by atoms with Gasteiger partial charge in [-0.05, 0) is 77.9 Å². The summed E-state index contributed by atoms with van der Waals surface area (Å²) in [6.07, 6.45) is 0. The molecule has 0 aromatic heterocycles. The molecule has 0 saturated carbocycles. The molecule has 19 heavy (non-hydrogen) atoms. The number of nitrogens with one attached hydrogen (secondary N) is 1. The van der Waals surface area contributed by atoms with E-state index in [1.807, 2.05) is 25.1 Å². The van der Waals surface area contributed by atoms with Crippen LogP contribution in [0.5, 0.6) is 0 Å². The van der Waals surface area contributed by atoms with E-state index in [1.165, 1.54) is 15.2 Å². The molecule has 1 nitrogen and oxygen atoms in total. The van der Waals surface area contributed by atoms with Crippen molar-refractivity contribution < 1.29 is 4.39 Å². The van der Waals surface area contributed by atoms with Gasteiger partial charge in [0.2, 0.25) is 0 Å². The van der Waals surface area contributed by atoms with Gasteiger partial charge in [0, 0.05) is 15.3 Å². The van der Waals surface area contributed by atoms with Gasteiger partial charge in [0.25, 0.3) is 0 Å². The Morgan fingerprint density at radius 1 is 1.21 bits per heavy atom. The van der Waals surface area contributed by atoms with Gasteiger partial charge in [-0.1, -0.05) is 17.7 Å². The van der Waals surface area contributed by atoms with Crippen LogP contribution >= 0.6 is 34.2 Å². The topological polar surface area (TPSA) is 12.0 Å². The van der Waals surface area contributed by atoms with Crippen molar-refractivity contribution in [3.8, 4) is 0 Å². The van der Waals surface area contributed by atoms with Crippen LogP contribution in [-0.4, -0.2) is 0 Å². The number of rotatable bonds is 3. The number of hydrogen-bond acceptors (Lipinski definition) is 1. The second-order valence-corrected chi connectivity index (χ2v) is 6.15. The lowest BCUT2D eigenvalue weighted by Gasteiger charge is -2.18. The van der Waals surface area contributed by atoms with Gasteiger partial charge in [0.05, 0.1) is 5.02 Å². The third-order valence-electron chi connectivity index (χ3n) is 3.00.